The lowest BCUT2D eigenvalue weighted by Gasteiger charge is -2.35. The normalized spacial score (nSPS) is 15.2. The van der Waals surface area contributed by atoms with Crippen molar-refractivity contribution in [3.05, 3.63) is 82.3 Å². The number of nitrogens with zero attached hydrogens (tertiary/aromatic N) is 3. The molecule has 1 unspecified atom stereocenters. The van der Waals surface area contributed by atoms with E-state index in [1.807, 2.05) is 71.9 Å². The molecule has 1 saturated heterocycles. The van der Waals surface area contributed by atoms with Gasteiger partial charge in [0.05, 0.1) is 23.7 Å². The second-order valence-corrected chi connectivity index (χ2v) is 8.87. The van der Waals surface area contributed by atoms with Crippen LogP contribution >= 0.6 is 11.3 Å². The number of carbonyl (C=O) groups excluding carboxylic acids is 2. The Bertz CT molecular complexity index is 1030. The molecule has 4 rings (SSSR count). The maximum atomic E-state index is 13.5. The van der Waals surface area contributed by atoms with Gasteiger partial charge >= 0.3 is 0 Å². The lowest BCUT2D eigenvalue weighted by molar-refractivity contribution is -0.137. The fraction of sp³-hybridized carbons (Fsp3) is 0.320. The van der Waals surface area contributed by atoms with Gasteiger partial charge in [-0.3, -0.25) is 14.6 Å². The summed E-state index contributed by atoms with van der Waals surface area (Å²) in [6, 6.07) is 17.0. The van der Waals surface area contributed by atoms with Gasteiger partial charge in [0.1, 0.15) is 5.75 Å². The summed E-state index contributed by atoms with van der Waals surface area (Å²) >= 11 is 1.46. The predicted octanol–water partition coefficient (Wildman–Crippen LogP) is 4.25. The SMILES string of the molecule is COc1ccc(C(c2ccccn2)N(C)C(=O)C2CCN(C(=O)c3cccs3)CC2)cc1. The second-order valence-electron chi connectivity index (χ2n) is 7.92. The van der Waals surface area contributed by atoms with E-state index >= 15 is 0 Å². The number of hydrogen-bond donors (Lipinski definition) is 0. The number of amides is 2. The minimum atomic E-state index is -0.291. The molecule has 0 spiro atoms. The van der Waals surface area contributed by atoms with Crippen LogP contribution < -0.4 is 4.74 Å². The molecule has 2 aromatic heterocycles. The Balaban J connectivity index is 1.49. The lowest BCUT2D eigenvalue weighted by atomic mass is 9.93. The molecule has 0 N–H and O–H groups in total. The summed E-state index contributed by atoms with van der Waals surface area (Å²) in [5.41, 5.74) is 1.80. The number of pyridine rings is 1. The zero-order valence-electron chi connectivity index (χ0n) is 18.3. The first-order valence-electron chi connectivity index (χ1n) is 10.7. The van der Waals surface area contributed by atoms with Crippen LogP contribution in [0, 0.1) is 5.92 Å². The third-order valence-electron chi connectivity index (χ3n) is 6.00. The molecule has 0 saturated carbocycles. The Kier molecular flexibility index (Phi) is 6.85. The largest absolute Gasteiger partial charge is 0.497 e. The summed E-state index contributed by atoms with van der Waals surface area (Å²) < 4.78 is 5.29. The van der Waals surface area contributed by atoms with Crippen molar-refractivity contribution in [2.75, 3.05) is 27.2 Å². The van der Waals surface area contributed by atoms with Crippen LogP contribution in [0.5, 0.6) is 5.75 Å². The van der Waals surface area contributed by atoms with E-state index < -0.39 is 0 Å². The van der Waals surface area contributed by atoms with E-state index in [0.717, 1.165) is 21.9 Å². The lowest BCUT2D eigenvalue weighted by Crippen LogP contribution is -2.44. The van der Waals surface area contributed by atoms with E-state index in [1.165, 1.54) is 11.3 Å². The van der Waals surface area contributed by atoms with Crippen molar-refractivity contribution < 1.29 is 14.3 Å². The highest BCUT2D eigenvalue weighted by Gasteiger charge is 2.33. The summed E-state index contributed by atoms with van der Waals surface area (Å²) in [5, 5.41) is 1.91. The van der Waals surface area contributed by atoms with E-state index in [4.69, 9.17) is 4.74 Å². The highest BCUT2D eigenvalue weighted by Crippen LogP contribution is 2.31. The third kappa shape index (κ3) is 4.67. The minimum absolute atomic E-state index is 0.0591. The average molecular weight is 450 g/mol. The molecule has 32 heavy (non-hydrogen) atoms. The smallest absolute Gasteiger partial charge is 0.263 e. The molecule has 166 valence electrons. The van der Waals surface area contributed by atoms with E-state index in [0.29, 0.717) is 25.9 Å². The molecule has 7 heteroatoms. The number of thiophene rings is 1. The van der Waals surface area contributed by atoms with E-state index in [9.17, 15) is 9.59 Å². The van der Waals surface area contributed by atoms with Crippen LogP contribution in [0.3, 0.4) is 0 Å². The fourth-order valence-electron chi connectivity index (χ4n) is 4.22. The number of likely N-dealkylation sites (tertiary alicyclic amines) is 1. The summed E-state index contributed by atoms with van der Waals surface area (Å²) in [5.74, 6) is 0.797. The Hall–Kier alpha value is -3.19. The van der Waals surface area contributed by atoms with Crippen LogP contribution in [0.4, 0.5) is 0 Å². The standard InChI is InChI=1S/C25H27N3O3S/c1-27(23(21-6-3-4-14-26-21)18-8-10-20(31-2)11-9-18)24(29)19-12-15-28(16-13-19)25(30)22-7-5-17-32-22/h3-11,14,17,19,23H,12-13,15-16H2,1-2H3. The monoisotopic (exact) mass is 449 g/mol. The molecular formula is C25H27N3O3S. The quantitative estimate of drug-likeness (QED) is 0.564. The van der Waals surface area contributed by atoms with E-state index in [1.54, 1.807) is 18.2 Å². The number of hydrogen-bond acceptors (Lipinski definition) is 5. The number of piperidine rings is 1. The van der Waals surface area contributed by atoms with Crippen molar-refractivity contribution in [1.82, 2.24) is 14.8 Å². The molecule has 1 aliphatic rings. The molecule has 3 heterocycles. The van der Waals surface area contributed by atoms with Gasteiger partial charge in [-0.05, 0) is 54.1 Å². The first-order valence-corrected chi connectivity index (χ1v) is 11.6. The molecule has 1 fully saturated rings. The Labute approximate surface area is 192 Å². The number of rotatable bonds is 6. The van der Waals surface area contributed by atoms with Crippen LogP contribution in [0.1, 0.15) is 39.8 Å². The van der Waals surface area contributed by atoms with Crippen LogP contribution in [-0.4, -0.2) is 53.8 Å². The first kappa shape index (κ1) is 22.0. The van der Waals surface area contributed by atoms with Crippen molar-refractivity contribution >= 4 is 23.2 Å². The van der Waals surface area contributed by atoms with Gasteiger partial charge in [0.25, 0.3) is 5.91 Å². The third-order valence-corrected chi connectivity index (χ3v) is 6.86. The Morgan fingerprint density at radius 1 is 1.09 bits per heavy atom. The van der Waals surface area contributed by atoms with Crippen LogP contribution in [0.25, 0.3) is 0 Å². The topological polar surface area (TPSA) is 62.7 Å². The zero-order valence-corrected chi connectivity index (χ0v) is 19.1. The number of benzene rings is 1. The molecule has 0 bridgehead atoms. The maximum absolute atomic E-state index is 13.5. The average Bonchev–Trinajstić information content (AvgIpc) is 3.39. The van der Waals surface area contributed by atoms with Crippen LogP contribution in [-0.2, 0) is 4.79 Å². The van der Waals surface area contributed by atoms with Gasteiger partial charge < -0.3 is 14.5 Å². The zero-order chi connectivity index (χ0) is 22.5. The molecule has 0 aliphatic carbocycles. The highest BCUT2D eigenvalue weighted by atomic mass is 32.1. The first-order chi connectivity index (χ1) is 15.6. The molecule has 3 aromatic rings. The number of methoxy groups -OCH3 is 1. The molecular weight excluding hydrogens is 422 g/mol. The van der Waals surface area contributed by atoms with Crippen molar-refractivity contribution in [2.45, 2.75) is 18.9 Å². The maximum Gasteiger partial charge on any atom is 0.263 e. The van der Waals surface area contributed by atoms with Crippen molar-refractivity contribution in [1.29, 1.82) is 0 Å². The minimum Gasteiger partial charge on any atom is -0.497 e. The number of aromatic nitrogens is 1. The van der Waals surface area contributed by atoms with E-state index in [2.05, 4.69) is 4.98 Å². The summed E-state index contributed by atoms with van der Waals surface area (Å²) in [6.45, 7) is 1.19. The predicted molar refractivity (Wildman–Crippen MR) is 125 cm³/mol. The molecule has 1 atom stereocenters. The number of carbonyl (C=O) groups is 2. The molecule has 6 nitrogen and oxygen atoms in total. The van der Waals surface area contributed by atoms with Gasteiger partial charge in [0.2, 0.25) is 5.91 Å². The molecule has 1 aromatic carbocycles. The Morgan fingerprint density at radius 3 is 2.44 bits per heavy atom. The summed E-state index contributed by atoms with van der Waals surface area (Å²) in [7, 11) is 3.48. The van der Waals surface area contributed by atoms with Crippen molar-refractivity contribution in [2.24, 2.45) is 5.92 Å². The second kappa shape index (κ2) is 9.96. The number of ether oxygens (including phenoxy) is 1. The molecule has 0 radical (unpaired) electrons. The molecule has 2 amide bonds. The van der Waals surface area contributed by atoms with Crippen LogP contribution in [0.2, 0.25) is 0 Å². The summed E-state index contributed by atoms with van der Waals surface area (Å²) in [4.78, 5) is 35.0. The Morgan fingerprint density at radius 2 is 1.84 bits per heavy atom. The van der Waals surface area contributed by atoms with Gasteiger partial charge in [-0.1, -0.05) is 24.3 Å². The summed E-state index contributed by atoms with van der Waals surface area (Å²) in [6.07, 6.45) is 3.08. The van der Waals surface area contributed by atoms with Gasteiger partial charge in [-0.2, -0.15) is 0 Å². The fourth-order valence-corrected chi connectivity index (χ4v) is 4.91. The highest BCUT2D eigenvalue weighted by molar-refractivity contribution is 7.12. The van der Waals surface area contributed by atoms with Crippen LogP contribution in [0.15, 0.2) is 66.2 Å². The van der Waals surface area contributed by atoms with Gasteiger partial charge in [-0.15, -0.1) is 11.3 Å². The van der Waals surface area contributed by atoms with Gasteiger partial charge in [-0.25, -0.2) is 0 Å². The molecule has 1 aliphatic heterocycles. The van der Waals surface area contributed by atoms with E-state index in [-0.39, 0.29) is 23.8 Å². The van der Waals surface area contributed by atoms with Crippen molar-refractivity contribution in [3.8, 4) is 5.75 Å². The van der Waals surface area contributed by atoms with Gasteiger partial charge in [0, 0.05) is 32.3 Å². The van der Waals surface area contributed by atoms with Crippen molar-refractivity contribution in [3.63, 3.8) is 0 Å². The van der Waals surface area contributed by atoms with Gasteiger partial charge in [0.15, 0.2) is 0 Å².